The number of fused-ring (bicyclic) bond motifs is 1. The Morgan fingerprint density at radius 2 is 1.87 bits per heavy atom. The maximum absolute atomic E-state index is 12.5. The van der Waals surface area contributed by atoms with E-state index >= 15 is 0 Å². The molecule has 0 bridgehead atoms. The fourth-order valence-electron chi connectivity index (χ4n) is 3.08. The van der Waals surface area contributed by atoms with Crippen LogP contribution in [0.2, 0.25) is 0 Å². The Morgan fingerprint density at radius 3 is 2.48 bits per heavy atom. The summed E-state index contributed by atoms with van der Waals surface area (Å²) in [6, 6.07) is 10.2. The van der Waals surface area contributed by atoms with Crippen molar-refractivity contribution in [2.75, 3.05) is 0 Å². The second kappa shape index (κ2) is 4.83. The van der Waals surface area contributed by atoms with Gasteiger partial charge in [0.05, 0.1) is 5.60 Å². The van der Waals surface area contributed by atoms with Gasteiger partial charge in [-0.05, 0) is 43.9 Å². The lowest BCUT2D eigenvalue weighted by Gasteiger charge is -2.18. The average Bonchev–Trinajstić information content (AvgIpc) is 3.23. The van der Waals surface area contributed by atoms with Crippen LogP contribution in [0.15, 0.2) is 47.5 Å². The quantitative estimate of drug-likeness (QED) is 0.777. The third kappa shape index (κ3) is 2.39. The van der Waals surface area contributed by atoms with E-state index in [0.717, 1.165) is 34.9 Å². The molecule has 2 heterocycles. The minimum absolute atomic E-state index is 0.0596. The van der Waals surface area contributed by atoms with Crippen molar-refractivity contribution in [3.63, 3.8) is 0 Å². The van der Waals surface area contributed by atoms with Crippen molar-refractivity contribution in [3.05, 3.63) is 58.6 Å². The zero-order valence-electron chi connectivity index (χ0n) is 13.3. The summed E-state index contributed by atoms with van der Waals surface area (Å²) in [5.41, 5.74) is 2.86. The van der Waals surface area contributed by atoms with Gasteiger partial charge in [-0.2, -0.15) is 0 Å². The lowest BCUT2D eigenvalue weighted by molar-refractivity contribution is 0.0786. The van der Waals surface area contributed by atoms with Gasteiger partial charge in [-0.15, -0.1) is 0 Å². The highest BCUT2D eigenvalue weighted by molar-refractivity contribution is 5.94. The van der Waals surface area contributed by atoms with Gasteiger partial charge in [0.1, 0.15) is 5.52 Å². The molecule has 0 spiro atoms. The van der Waals surface area contributed by atoms with E-state index in [1.54, 1.807) is 13.8 Å². The van der Waals surface area contributed by atoms with E-state index in [9.17, 15) is 9.90 Å². The lowest BCUT2D eigenvalue weighted by Crippen LogP contribution is -2.19. The van der Waals surface area contributed by atoms with Crippen LogP contribution < -0.4 is 5.56 Å². The van der Waals surface area contributed by atoms with Gasteiger partial charge < -0.3 is 14.7 Å². The van der Waals surface area contributed by atoms with Crippen LogP contribution in [0.3, 0.4) is 0 Å². The fraction of sp³-hybridized carbons (Fsp3) is 0.316. The molecule has 0 amide bonds. The van der Waals surface area contributed by atoms with E-state index in [1.807, 2.05) is 47.3 Å². The Hall–Kier alpha value is -2.33. The van der Waals surface area contributed by atoms with Gasteiger partial charge in [-0.1, -0.05) is 24.3 Å². The summed E-state index contributed by atoms with van der Waals surface area (Å²) in [6.45, 7) is 3.55. The van der Waals surface area contributed by atoms with Crippen molar-refractivity contribution in [1.29, 1.82) is 0 Å². The predicted octanol–water partition coefficient (Wildman–Crippen LogP) is 3.56. The largest absolute Gasteiger partial charge is 0.386 e. The highest BCUT2D eigenvalue weighted by atomic mass is 16.3. The number of pyridine rings is 1. The van der Waals surface area contributed by atoms with Crippen molar-refractivity contribution in [1.82, 2.24) is 9.55 Å². The number of rotatable bonds is 3. The number of nitrogens with one attached hydrogen (secondary N) is 1. The normalized spacial score (nSPS) is 15.3. The molecule has 0 aliphatic heterocycles. The minimum atomic E-state index is -0.852. The predicted molar refractivity (Wildman–Crippen MR) is 91.5 cm³/mol. The number of hydrogen-bond donors (Lipinski definition) is 2. The Balaban J connectivity index is 1.90. The van der Waals surface area contributed by atoms with Crippen molar-refractivity contribution in [3.8, 4) is 11.1 Å². The Morgan fingerprint density at radius 1 is 1.17 bits per heavy atom. The molecule has 1 fully saturated rings. The summed E-state index contributed by atoms with van der Waals surface area (Å²) in [5, 5.41) is 11.0. The van der Waals surface area contributed by atoms with Gasteiger partial charge in [0.15, 0.2) is 0 Å². The van der Waals surface area contributed by atoms with Crippen LogP contribution in [0.25, 0.3) is 22.0 Å². The molecule has 1 aliphatic carbocycles. The first-order valence-electron chi connectivity index (χ1n) is 8.00. The van der Waals surface area contributed by atoms with Crippen molar-refractivity contribution in [2.24, 2.45) is 0 Å². The molecule has 118 valence electrons. The molecule has 1 saturated carbocycles. The lowest BCUT2D eigenvalue weighted by atomic mass is 9.95. The molecule has 4 heteroatoms. The third-order valence-corrected chi connectivity index (χ3v) is 4.60. The summed E-state index contributed by atoms with van der Waals surface area (Å²) in [4.78, 5) is 15.6. The minimum Gasteiger partial charge on any atom is -0.386 e. The molecule has 4 nitrogen and oxygen atoms in total. The molecule has 23 heavy (non-hydrogen) atoms. The molecule has 1 aromatic carbocycles. The maximum atomic E-state index is 12.5. The topological polar surface area (TPSA) is 58.0 Å². The SMILES string of the molecule is CC(C)(O)c1ccc(-c2cn(C3CC3)c(=O)c3[nH]ccc23)cc1. The molecule has 0 atom stereocenters. The van der Waals surface area contributed by atoms with Gasteiger partial charge in [0, 0.05) is 29.4 Å². The molecule has 0 radical (unpaired) electrons. The van der Waals surface area contributed by atoms with Crippen molar-refractivity contribution >= 4 is 10.9 Å². The van der Waals surface area contributed by atoms with Crippen LogP contribution >= 0.6 is 0 Å². The van der Waals surface area contributed by atoms with Crippen LogP contribution in [-0.2, 0) is 5.60 Å². The number of aromatic amines is 1. The first-order chi connectivity index (χ1) is 10.9. The van der Waals surface area contributed by atoms with Gasteiger partial charge in [-0.3, -0.25) is 4.79 Å². The number of nitrogens with zero attached hydrogens (tertiary/aromatic N) is 1. The Bertz CT molecular complexity index is 923. The van der Waals surface area contributed by atoms with E-state index in [1.165, 1.54) is 0 Å². The monoisotopic (exact) mass is 308 g/mol. The number of benzene rings is 1. The van der Waals surface area contributed by atoms with Crippen LogP contribution in [-0.4, -0.2) is 14.7 Å². The van der Waals surface area contributed by atoms with E-state index in [2.05, 4.69) is 4.98 Å². The molecule has 0 unspecified atom stereocenters. The molecule has 2 N–H and O–H groups in total. The van der Waals surface area contributed by atoms with E-state index in [0.29, 0.717) is 11.6 Å². The molecular formula is C19H20N2O2. The molecule has 1 aliphatic rings. The summed E-state index contributed by atoms with van der Waals surface area (Å²) < 4.78 is 1.86. The molecule has 3 aromatic rings. The number of aromatic nitrogens is 2. The zero-order chi connectivity index (χ0) is 16.2. The van der Waals surface area contributed by atoms with Crippen LogP contribution in [0.4, 0.5) is 0 Å². The van der Waals surface area contributed by atoms with E-state index in [4.69, 9.17) is 0 Å². The summed E-state index contributed by atoms with van der Waals surface area (Å²) in [7, 11) is 0. The summed E-state index contributed by atoms with van der Waals surface area (Å²) in [5.74, 6) is 0. The van der Waals surface area contributed by atoms with Gasteiger partial charge in [-0.25, -0.2) is 0 Å². The summed E-state index contributed by atoms with van der Waals surface area (Å²) >= 11 is 0. The average molecular weight is 308 g/mol. The van der Waals surface area contributed by atoms with E-state index < -0.39 is 5.60 Å². The number of hydrogen-bond acceptors (Lipinski definition) is 2. The molecule has 0 saturated heterocycles. The third-order valence-electron chi connectivity index (χ3n) is 4.60. The Labute approximate surface area is 134 Å². The standard InChI is InChI=1S/C19H20N2O2/c1-19(2,23)13-5-3-12(4-6-13)16-11-21(14-7-8-14)18(22)17-15(16)9-10-20-17/h3-6,9-11,14,20,23H,7-8H2,1-2H3. The number of H-pyrrole nitrogens is 1. The maximum Gasteiger partial charge on any atom is 0.275 e. The second-order valence-electron chi connectivity index (χ2n) is 6.89. The fourth-order valence-corrected chi connectivity index (χ4v) is 3.08. The molecular weight excluding hydrogens is 288 g/mol. The molecule has 2 aromatic heterocycles. The number of aliphatic hydroxyl groups is 1. The van der Waals surface area contributed by atoms with Gasteiger partial charge in [0.25, 0.3) is 5.56 Å². The van der Waals surface area contributed by atoms with Crippen LogP contribution in [0, 0.1) is 0 Å². The highest BCUT2D eigenvalue weighted by Gasteiger charge is 2.26. The molecule has 4 rings (SSSR count). The highest BCUT2D eigenvalue weighted by Crippen LogP contribution is 2.36. The second-order valence-corrected chi connectivity index (χ2v) is 6.89. The van der Waals surface area contributed by atoms with Gasteiger partial charge >= 0.3 is 0 Å². The first-order valence-corrected chi connectivity index (χ1v) is 8.00. The van der Waals surface area contributed by atoms with Crippen molar-refractivity contribution in [2.45, 2.75) is 38.3 Å². The van der Waals surface area contributed by atoms with Gasteiger partial charge in [0.2, 0.25) is 0 Å². The van der Waals surface area contributed by atoms with Crippen molar-refractivity contribution < 1.29 is 5.11 Å². The zero-order valence-corrected chi connectivity index (χ0v) is 13.3. The van der Waals surface area contributed by atoms with Crippen LogP contribution in [0.1, 0.15) is 38.3 Å². The first kappa shape index (κ1) is 14.3. The van der Waals surface area contributed by atoms with E-state index in [-0.39, 0.29) is 5.56 Å². The Kier molecular flexibility index (Phi) is 3.00. The smallest absolute Gasteiger partial charge is 0.275 e. The summed E-state index contributed by atoms with van der Waals surface area (Å²) in [6.07, 6.45) is 5.94. The van der Waals surface area contributed by atoms with Crippen LogP contribution in [0.5, 0.6) is 0 Å².